The van der Waals surface area contributed by atoms with Crippen molar-refractivity contribution in [2.75, 3.05) is 6.61 Å². The third kappa shape index (κ3) is 3.70. The average molecular weight is 301 g/mol. The Morgan fingerprint density at radius 3 is 2.59 bits per heavy atom. The molecule has 2 fully saturated rings. The fourth-order valence-corrected chi connectivity index (χ4v) is 3.69. The van der Waals surface area contributed by atoms with Crippen molar-refractivity contribution in [3.05, 3.63) is 35.9 Å². The van der Waals surface area contributed by atoms with Gasteiger partial charge in [-0.1, -0.05) is 43.2 Å². The van der Waals surface area contributed by atoms with E-state index in [1.807, 2.05) is 6.92 Å². The molecule has 0 spiro atoms. The van der Waals surface area contributed by atoms with Gasteiger partial charge in [-0.25, -0.2) is 0 Å². The number of carbonyl (C=O) groups is 1. The molecule has 120 valence electrons. The molecule has 22 heavy (non-hydrogen) atoms. The van der Waals surface area contributed by atoms with Crippen molar-refractivity contribution in [2.24, 2.45) is 11.8 Å². The van der Waals surface area contributed by atoms with Gasteiger partial charge in [-0.15, -0.1) is 0 Å². The third-order valence-corrected chi connectivity index (χ3v) is 5.00. The number of hydrogen-bond donors (Lipinski definition) is 1. The van der Waals surface area contributed by atoms with Crippen LogP contribution in [0.1, 0.15) is 57.1 Å². The van der Waals surface area contributed by atoms with E-state index in [-0.39, 0.29) is 17.9 Å². The largest absolute Gasteiger partial charge is 0.466 e. The molecule has 0 amide bonds. The Morgan fingerprint density at radius 1 is 1.18 bits per heavy atom. The lowest BCUT2D eigenvalue weighted by Crippen LogP contribution is -2.45. The lowest BCUT2D eigenvalue weighted by Gasteiger charge is -2.34. The standard InChI is InChI=1S/C19H27NO2/c1-2-22-19(21)16-10-6-7-11-17(16)20-18(15-12-13-15)14-8-4-3-5-9-14/h3-5,8-9,15-18,20H,2,6-7,10-13H2,1H3. The maximum Gasteiger partial charge on any atom is 0.310 e. The van der Waals surface area contributed by atoms with E-state index in [4.69, 9.17) is 4.74 Å². The third-order valence-electron chi connectivity index (χ3n) is 5.00. The number of benzene rings is 1. The highest BCUT2D eigenvalue weighted by atomic mass is 16.5. The number of ether oxygens (including phenoxy) is 1. The van der Waals surface area contributed by atoms with Crippen LogP contribution in [0.5, 0.6) is 0 Å². The van der Waals surface area contributed by atoms with Gasteiger partial charge in [0, 0.05) is 12.1 Å². The molecule has 3 nitrogen and oxygen atoms in total. The summed E-state index contributed by atoms with van der Waals surface area (Å²) < 4.78 is 5.30. The topological polar surface area (TPSA) is 38.3 Å². The van der Waals surface area contributed by atoms with Gasteiger partial charge < -0.3 is 10.1 Å². The molecule has 1 N–H and O–H groups in total. The van der Waals surface area contributed by atoms with Crippen LogP contribution in [0.2, 0.25) is 0 Å². The molecule has 3 unspecified atom stereocenters. The van der Waals surface area contributed by atoms with E-state index in [1.54, 1.807) is 0 Å². The van der Waals surface area contributed by atoms with Gasteiger partial charge in [0.2, 0.25) is 0 Å². The minimum absolute atomic E-state index is 0.0118. The lowest BCUT2D eigenvalue weighted by atomic mass is 9.83. The summed E-state index contributed by atoms with van der Waals surface area (Å²) in [4.78, 5) is 12.2. The molecular formula is C19H27NO2. The first-order valence-corrected chi connectivity index (χ1v) is 8.77. The molecule has 0 radical (unpaired) electrons. The lowest BCUT2D eigenvalue weighted by molar-refractivity contribution is -0.150. The van der Waals surface area contributed by atoms with E-state index in [0.29, 0.717) is 12.6 Å². The maximum absolute atomic E-state index is 12.2. The van der Waals surface area contributed by atoms with Crippen LogP contribution < -0.4 is 5.32 Å². The average Bonchev–Trinajstić information content (AvgIpc) is 3.39. The zero-order valence-electron chi connectivity index (χ0n) is 13.5. The predicted molar refractivity (Wildman–Crippen MR) is 87.4 cm³/mol. The van der Waals surface area contributed by atoms with Crippen LogP contribution in [0.3, 0.4) is 0 Å². The Balaban J connectivity index is 1.71. The zero-order chi connectivity index (χ0) is 15.4. The van der Waals surface area contributed by atoms with Gasteiger partial charge in [-0.2, -0.15) is 0 Å². The minimum atomic E-state index is -0.0118. The maximum atomic E-state index is 12.2. The van der Waals surface area contributed by atoms with Crippen molar-refractivity contribution < 1.29 is 9.53 Å². The Hall–Kier alpha value is -1.35. The van der Waals surface area contributed by atoms with Crippen LogP contribution >= 0.6 is 0 Å². The monoisotopic (exact) mass is 301 g/mol. The van der Waals surface area contributed by atoms with Crippen molar-refractivity contribution in [1.82, 2.24) is 5.32 Å². The first-order valence-electron chi connectivity index (χ1n) is 8.77. The minimum Gasteiger partial charge on any atom is -0.466 e. The summed E-state index contributed by atoms with van der Waals surface area (Å²) in [6.45, 7) is 2.37. The quantitative estimate of drug-likeness (QED) is 0.811. The number of carbonyl (C=O) groups excluding carboxylic acids is 1. The first-order chi connectivity index (χ1) is 10.8. The number of hydrogen-bond acceptors (Lipinski definition) is 3. The zero-order valence-corrected chi connectivity index (χ0v) is 13.5. The molecule has 0 aliphatic heterocycles. The SMILES string of the molecule is CCOC(=O)C1CCCCC1NC(c1ccccc1)C1CC1. The molecule has 3 atom stereocenters. The molecule has 1 aromatic rings. The van der Waals surface area contributed by atoms with Gasteiger partial charge in [0.25, 0.3) is 0 Å². The predicted octanol–water partition coefficient (Wildman–Crippen LogP) is 3.85. The number of esters is 1. The van der Waals surface area contributed by atoms with Gasteiger partial charge >= 0.3 is 5.97 Å². The van der Waals surface area contributed by atoms with Crippen LogP contribution in [0.25, 0.3) is 0 Å². The summed E-state index contributed by atoms with van der Waals surface area (Å²) in [7, 11) is 0. The Kier molecular flexibility index (Phi) is 5.14. The highest BCUT2D eigenvalue weighted by Gasteiger charge is 2.38. The number of nitrogens with one attached hydrogen (secondary N) is 1. The fraction of sp³-hybridized carbons (Fsp3) is 0.632. The summed E-state index contributed by atoms with van der Waals surface area (Å²) >= 11 is 0. The van der Waals surface area contributed by atoms with E-state index >= 15 is 0 Å². The van der Waals surface area contributed by atoms with E-state index in [1.165, 1.54) is 24.8 Å². The Morgan fingerprint density at radius 2 is 1.91 bits per heavy atom. The highest BCUT2D eigenvalue weighted by Crippen LogP contribution is 2.42. The van der Waals surface area contributed by atoms with E-state index in [0.717, 1.165) is 25.2 Å². The van der Waals surface area contributed by atoms with Gasteiger partial charge in [0.15, 0.2) is 0 Å². The van der Waals surface area contributed by atoms with Crippen molar-refractivity contribution in [3.63, 3.8) is 0 Å². The molecule has 2 saturated carbocycles. The van der Waals surface area contributed by atoms with Gasteiger partial charge in [-0.3, -0.25) is 4.79 Å². The summed E-state index contributed by atoms with van der Waals surface area (Å²) in [5, 5.41) is 3.82. The van der Waals surface area contributed by atoms with Crippen LogP contribution in [0.4, 0.5) is 0 Å². The van der Waals surface area contributed by atoms with Crippen LogP contribution in [-0.2, 0) is 9.53 Å². The van der Waals surface area contributed by atoms with Gasteiger partial charge in [0.1, 0.15) is 0 Å². The van der Waals surface area contributed by atoms with E-state index < -0.39 is 0 Å². The first kappa shape index (κ1) is 15.5. The second-order valence-electron chi connectivity index (χ2n) is 6.64. The van der Waals surface area contributed by atoms with Crippen LogP contribution in [-0.4, -0.2) is 18.6 Å². The smallest absolute Gasteiger partial charge is 0.310 e. The molecular weight excluding hydrogens is 274 g/mol. The highest BCUT2D eigenvalue weighted by molar-refractivity contribution is 5.73. The molecule has 1 aromatic carbocycles. The van der Waals surface area contributed by atoms with E-state index in [9.17, 15) is 4.79 Å². The summed E-state index contributed by atoms with van der Waals surface area (Å²) in [5.41, 5.74) is 1.36. The molecule has 0 heterocycles. The molecule has 3 heteroatoms. The summed E-state index contributed by atoms with van der Waals surface area (Å²) in [5.74, 6) is 0.744. The number of rotatable bonds is 6. The molecule has 0 aromatic heterocycles. The molecule has 3 rings (SSSR count). The van der Waals surface area contributed by atoms with Crippen molar-refractivity contribution in [1.29, 1.82) is 0 Å². The summed E-state index contributed by atoms with van der Waals surface area (Å²) in [6.07, 6.45) is 6.98. The Labute approximate surface area is 133 Å². The second kappa shape index (κ2) is 7.28. The Bertz CT molecular complexity index is 483. The van der Waals surface area contributed by atoms with Gasteiger partial charge in [0.05, 0.1) is 12.5 Å². The van der Waals surface area contributed by atoms with Crippen LogP contribution in [0.15, 0.2) is 30.3 Å². The van der Waals surface area contributed by atoms with Crippen molar-refractivity contribution in [3.8, 4) is 0 Å². The normalized spacial score (nSPS) is 26.4. The molecule has 0 bridgehead atoms. The van der Waals surface area contributed by atoms with Crippen LogP contribution in [0, 0.1) is 11.8 Å². The summed E-state index contributed by atoms with van der Waals surface area (Å²) in [6, 6.07) is 11.3. The van der Waals surface area contributed by atoms with E-state index in [2.05, 4.69) is 35.6 Å². The van der Waals surface area contributed by atoms with Crippen molar-refractivity contribution in [2.45, 2.75) is 57.5 Å². The fourth-order valence-electron chi connectivity index (χ4n) is 3.69. The van der Waals surface area contributed by atoms with Crippen molar-refractivity contribution >= 4 is 5.97 Å². The van der Waals surface area contributed by atoms with Gasteiger partial charge in [-0.05, 0) is 44.1 Å². The molecule has 2 aliphatic rings. The molecule has 0 saturated heterocycles. The molecule has 2 aliphatic carbocycles. The second-order valence-corrected chi connectivity index (χ2v) is 6.64.